The van der Waals surface area contributed by atoms with Gasteiger partial charge in [0.1, 0.15) is 5.01 Å². The lowest BCUT2D eigenvalue weighted by molar-refractivity contribution is 0.238. The molecule has 24 heavy (non-hydrogen) atoms. The lowest BCUT2D eigenvalue weighted by Gasteiger charge is -2.34. The van der Waals surface area contributed by atoms with Crippen LogP contribution in [0.3, 0.4) is 0 Å². The van der Waals surface area contributed by atoms with Crippen LogP contribution in [0.2, 0.25) is 0 Å². The van der Waals surface area contributed by atoms with Gasteiger partial charge in [0.15, 0.2) is 0 Å². The van der Waals surface area contributed by atoms with Crippen molar-refractivity contribution in [2.75, 3.05) is 25.0 Å². The SMILES string of the molecule is C#Cc1cnc(N2CCC3(CC2)CC3N(C)Cc2nccs2)nc1. The Morgan fingerprint density at radius 3 is 2.71 bits per heavy atom. The second-order valence-corrected chi connectivity index (χ2v) is 7.81. The van der Waals surface area contributed by atoms with Gasteiger partial charge >= 0.3 is 0 Å². The molecule has 0 N–H and O–H groups in total. The topological polar surface area (TPSA) is 45.2 Å². The van der Waals surface area contributed by atoms with E-state index in [2.05, 4.69) is 43.1 Å². The third-order valence-corrected chi connectivity index (χ3v) is 6.16. The molecule has 6 heteroatoms. The summed E-state index contributed by atoms with van der Waals surface area (Å²) in [4.78, 5) is 18.0. The lowest BCUT2D eigenvalue weighted by atomic mass is 9.92. The standard InChI is InChI=1S/C18H21N5S/c1-3-14-11-20-17(21-12-14)23-7-4-18(5-8-23)10-15(18)22(2)13-16-19-6-9-24-16/h1,6,9,11-12,15H,4-5,7-8,10,13H2,2H3. The van der Waals surface area contributed by atoms with Crippen molar-refractivity contribution in [3.05, 3.63) is 34.5 Å². The Balaban J connectivity index is 1.34. The Kier molecular flexibility index (Phi) is 3.99. The molecule has 1 atom stereocenters. The zero-order valence-electron chi connectivity index (χ0n) is 13.9. The predicted octanol–water partition coefficient (Wildman–Crippen LogP) is 2.41. The highest BCUT2D eigenvalue weighted by atomic mass is 32.1. The van der Waals surface area contributed by atoms with Crippen LogP contribution in [0, 0.1) is 17.8 Å². The van der Waals surface area contributed by atoms with Gasteiger partial charge in [0.2, 0.25) is 5.95 Å². The molecular formula is C18H21N5S. The van der Waals surface area contributed by atoms with E-state index in [0.717, 1.165) is 31.1 Å². The first-order chi connectivity index (χ1) is 11.7. The normalized spacial score (nSPS) is 21.9. The van der Waals surface area contributed by atoms with Crippen molar-refractivity contribution in [2.45, 2.75) is 31.8 Å². The number of hydrogen-bond donors (Lipinski definition) is 0. The quantitative estimate of drug-likeness (QED) is 0.801. The van der Waals surface area contributed by atoms with E-state index < -0.39 is 0 Å². The summed E-state index contributed by atoms with van der Waals surface area (Å²) in [6.45, 7) is 3.01. The zero-order chi connectivity index (χ0) is 16.6. The molecule has 0 bridgehead atoms. The number of aromatic nitrogens is 3. The van der Waals surface area contributed by atoms with Crippen molar-refractivity contribution < 1.29 is 0 Å². The van der Waals surface area contributed by atoms with Crippen molar-refractivity contribution in [2.24, 2.45) is 5.41 Å². The molecule has 4 rings (SSSR count). The van der Waals surface area contributed by atoms with Gasteiger partial charge in [0.25, 0.3) is 0 Å². The Labute approximate surface area is 146 Å². The van der Waals surface area contributed by atoms with Crippen molar-refractivity contribution in [1.82, 2.24) is 19.9 Å². The van der Waals surface area contributed by atoms with Crippen LogP contribution < -0.4 is 4.90 Å². The zero-order valence-corrected chi connectivity index (χ0v) is 14.7. The molecule has 1 saturated heterocycles. The van der Waals surface area contributed by atoms with E-state index in [9.17, 15) is 0 Å². The summed E-state index contributed by atoms with van der Waals surface area (Å²) in [7, 11) is 2.23. The summed E-state index contributed by atoms with van der Waals surface area (Å²) >= 11 is 1.74. The summed E-state index contributed by atoms with van der Waals surface area (Å²) in [5.74, 6) is 3.37. The predicted molar refractivity (Wildman–Crippen MR) is 95.8 cm³/mol. The fourth-order valence-electron chi connectivity index (χ4n) is 3.85. The van der Waals surface area contributed by atoms with Crippen LogP contribution in [0.4, 0.5) is 5.95 Å². The summed E-state index contributed by atoms with van der Waals surface area (Å²) < 4.78 is 0. The van der Waals surface area contributed by atoms with Crippen molar-refractivity contribution >= 4 is 17.3 Å². The molecular weight excluding hydrogens is 318 g/mol. The maximum atomic E-state index is 5.36. The number of piperidine rings is 1. The van der Waals surface area contributed by atoms with Gasteiger partial charge in [-0.15, -0.1) is 17.8 Å². The first-order valence-corrected chi connectivity index (χ1v) is 9.20. The summed E-state index contributed by atoms with van der Waals surface area (Å²) in [5.41, 5.74) is 1.22. The molecule has 2 fully saturated rings. The molecule has 1 unspecified atom stereocenters. The van der Waals surface area contributed by atoms with Crippen molar-refractivity contribution in [1.29, 1.82) is 0 Å². The number of hydrogen-bond acceptors (Lipinski definition) is 6. The molecule has 2 aromatic rings. The largest absolute Gasteiger partial charge is 0.341 e. The highest BCUT2D eigenvalue weighted by Gasteiger charge is 2.56. The maximum absolute atomic E-state index is 5.36. The van der Waals surface area contributed by atoms with E-state index in [0.29, 0.717) is 11.5 Å². The van der Waals surface area contributed by atoms with Crippen LogP contribution in [0.5, 0.6) is 0 Å². The molecule has 1 saturated carbocycles. The summed E-state index contributed by atoms with van der Waals surface area (Å²) in [6, 6.07) is 0.688. The van der Waals surface area contributed by atoms with Gasteiger partial charge in [-0.2, -0.15) is 0 Å². The lowest BCUT2D eigenvalue weighted by Crippen LogP contribution is -2.38. The first kappa shape index (κ1) is 15.6. The second kappa shape index (κ2) is 6.15. The Hall–Kier alpha value is -1.97. The highest BCUT2D eigenvalue weighted by Crippen LogP contribution is 2.56. The third kappa shape index (κ3) is 2.90. The molecule has 0 aromatic carbocycles. The number of nitrogens with zero attached hydrogens (tertiary/aromatic N) is 5. The van der Waals surface area contributed by atoms with Crippen LogP contribution in [0.15, 0.2) is 24.0 Å². The van der Waals surface area contributed by atoms with Gasteiger partial charge in [0, 0.05) is 43.1 Å². The number of anilines is 1. The molecule has 5 nitrogen and oxygen atoms in total. The van der Waals surface area contributed by atoms with Gasteiger partial charge < -0.3 is 4.90 Å². The van der Waals surface area contributed by atoms with Gasteiger partial charge in [-0.3, -0.25) is 4.90 Å². The highest BCUT2D eigenvalue weighted by molar-refractivity contribution is 7.09. The van der Waals surface area contributed by atoms with E-state index in [1.807, 2.05) is 6.20 Å². The minimum atomic E-state index is 0.487. The average molecular weight is 339 g/mol. The maximum Gasteiger partial charge on any atom is 0.225 e. The minimum absolute atomic E-state index is 0.487. The number of thiazole rings is 1. The van der Waals surface area contributed by atoms with Crippen LogP contribution in [-0.2, 0) is 6.54 Å². The van der Waals surface area contributed by atoms with Crippen LogP contribution in [-0.4, -0.2) is 46.0 Å². The van der Waals surface area contributed by atoms with E-state index in [4.69, 9.17) is 6.42 Å². The molecule has 1 aliphatic heterocycles. The van der Waals surface area contributed by atoms with Crippen molar-refractivity contribution in [3.8, 4) is 12.3 Å². The molecule has 1 aliphatic carbocycles. The van der Waals surface area contributed by atoms with Crippen LogP contribution in [0.25, 0.3) is 0 Å². The van der Waals surface area contributed by atoms with Gasteiger partial charge in [-0.1, -0.05) is 5.92 Å². The van der Waals surface area contributed by atoms with E-state index in [1.165, 1.54) is 24.3 Å². The fraction of sp³-hybridized carbons (Fsp3) is 0.500. The molecule has 0 radical (unpaired) electrons. The Morgan fingerprint density at radius 2 is 2.08 bits per heavy atom. The van der Waals surface area contributed by atoms with Gasteiger partial charge in [-0.25, -0.2) is 15.0 Å². The molecule has 124 valence electrons. The fourth-order valence-corrected chi connectivity index (χ4v) is 4.53. The second-order valence-electron chi connectivity index (χ2n) is 6.83. The van der Waals surface area contributed by atoms with Gasteiger partial charge in [-0.05, 0) is 31.7 Å². The van der Waals surface area contributed by atoms with Crippen LogP contribution in [0.1, 0.15) is 29.8 Å². The first-order valence-electron chi connectivity index (χ1n) is 8.32. The molecule has 3 heterocycles. The smallest absolute Gasteiger partial charge is 0.225 e. The van der Waals surface area contributed by atoms with E-state index in [1.54, 1.807) is 23.7 Å². The monoisotopic (exact) mass is 339 g/mol. The number of rotatable bonds is 4. The Morgan fingerprint density at radius 1 is 1.33 bits per heavy atom. The average Bonchev–Trinajstić information content (AvgIpc) is 3.07. The number of terminal acetylenes is 1. The molecule has 2 aromatic heterocycles. The summed E-state index contributed by atoms with van der Waals surface area (Å²) in [6.07, 6.45) is 14.4. The van der Waals surface area contributed by atoms with Gasteiger partial charge in [0.05, 0.1) is 12.1 Å². The molecule has 1 spiro atoms. The van der Waals surface area contributed by atoms with E-state index in [-0.39, 0.29) is 0 Å². The van der Waals surface area contributed by atoms with E-state index >= 15 is 0 Å². The van der Waals surface area contributed by atoms with Crippen molar-refractivity contribution in [3.63, 3.8) is 0 Å². The minimum Gasteiger partial charge on any atom is -0.341 e. The third-order valence-electron chi connectivity index (χ3n) is 5.39. The molecule has 0 amide bonds. The summed E-state index contributed by atoms with van der Waals surface area (Å²) in [5, 5.41) is 3.26. The molecule has 2 aliphatic rings. The van der Waals surface area contributed by atoms with Crippen LogP contribution >= 0.6 is 11.3 Å². The Bertz CT molecular complexity index is 726.